The number of rotatable bonds is 12. The first kappa shape index (κ1) is 33.7. The molecule has 37 heavy (non-hydrogen) atoms. The largest absolute Gasteiger partial charge is 0.484 e. The molecule has 0 aliphatic carbocycles. The first-order chi connectivity index (χ1) is 17.6. The summed E-state index contributed by atoms with van der Waals surface area (Å²) in [6, 6.07) is 14.7. The van der Waals surface area contributed by atoms with Gasteiger partial charge in [0.15, 0.2) is 12.4 Å². The maximum Gasteiger partial charge on any atom is 0.262 e. The van der Waals surface area contributed by atoms with Crippen molar-refractivity contribution in [2.45, 2.75) is 80.6 Å². The first-order valence-electron chi connectivity index (χ1n) is 13.2. The summed E-state index contributed by atoms with van der Waals surface area (Å²) >= 11 is 0. The number of benzene rings is 2. The van der Waals surface area contributed by atoms with Crippen molar-refractivity contribution in [1.82, 2.24) is 0 Å². The van der Waals surface area contributed by atoms with Gasteiger partial charge < -0.3 is 14.8 Å². The number of anilines is 1. The van der Waals surface area contributed by atoms with Crippen molar-refractivity contribution < 1.29 is 23.9 Å². The molecule has 1 amide bonds. The van der Waals surface area contributed by atoms with Crippen LogP contribution in [0.5, 0.6) is 5.75 Å². The Morgan fingerprint density at radius 2 is 1.59 bits per heavy atom. The molecule has 0 aromatic heterocycles. The van der Waals surface area contributed by atoms with Crippen molar-refractivity contribution >= 4 is 29.4 Å². The number of aryl methyl sites for hydroxylation is 1. The zero-order chi connectivity index (χ0) is 28.2. The smallest absolute Gasteiger partial charge is 0.262 e. The number of ketones is 2. The molecule has 2 aromatic carbocycles. The molecule has 1 atom stereocenters. The summed E-state index contributed by atoms with van der Waals surface area (Å²) in [4.78, 5) is 44.0. The molecule has 0 spiro atoms. The molecule has 0 aliphatic heterocycles. The van der Waals surface area contributed by atoms with Gasteiger partial charge in [0, 0.05) is 30.0 Å². The van der Waals surface area contributed by atoms with Crippen LogP contribution in [0.2, 0.25) is 0 Å². The van der Waals surface area contributed by atoms with Crippen LogP contribution in [-0.2, 0) is 20.8 Å². The fourth-order valence-electron chi connectivity index (χ4n) is 3.14. The van der Waals surface area contributed by atoms with E-state index in [4.69, 9.17) is 9.53 Å². The van der Waals surface area contributed by atoms with Gasteiger partial charge >= 0.3 is 0 Å². The normalized spacial score (nSPS) is 10.7. The molecule has 6 nitrogen and oxygen atoms in total. The van der Waals surface area contributed by atoms with Crippen LogP contribution in [0.25, 0.3) is 0 Å². The number of carbonyl (C=O) groups excluding carboxylic acids is 4. The monoisotopic (exact) mass is 511 g/mol. The van der Waals surface area contributed by atoms with Crippen LogP contribution in [0, 0.1) is 11.8 Å². The van der Waals surface area contributed by atoms with Crippen molar-refractivity contribution in [2.75, 3.05) is 11.9 Å². The average Bonchev–Trinajstić information content (AvgIpc) is 2.90. The number of hydrogen-bond donors (Lipinski definition) is 1. The Kier molecular flexibility index (Phi) is 18.1. The van der Waals surface area contributed by atoms with Gasteiger partial charge in [-0.05, 0) is 68.0 Å². The summed E-state index contributed by atoms with van der Waals surface area (Å²) in [6.07, 6.45) is 4.83. The fraction of sp³-hybridized carbons (Fsp3) is 0.484. The van der Waals surface area contributed by atoms with Gasteiger partial charge in [-0.1, -0.05) is 59.7 Å². The molecule has 6 heteroatoms. The molecule has 1 unspecified atom stereocenters. The molecule has 0 saturated heterocycles. The van der Waals surface area contributed by atoms with E-state index in [2.05, 4.69) is 19.2 Å². The second-order valence-corrected chi connectivity index (χ2v) is 9.11. The molecule has 204 valence electrons. The third kappa shape index (κ3) is 14.8. The van der Waals surface area contributed by atoms with Gasteiger partial charge in [0.05, 0.1) is 0 Å². The molecule has 0 heterocycles. The molecule has 2 aromatic rings. The molecule has 0 saturated carbocycles. The number of aldehydes is 1. The van der Waals surface area contributed by atoms with Crippen molar-refractivity contribution in [3.8, 4) is 5.75 Å². The predicted molar refractivity (Wildman–Crippen MR) is 151 cm³/mol. The highest BCUT2D eigenvalue weighted by molar-refractivity contribution is 6.00. The SMILES string of the molecule is CC=O.CCC(=O)CCC(C)C.CCc1cc(NC(=O)COc2ccccc2)ccc1C(=O)C(C)CC. The minimum absolute atomic E-state index is 0.00464. The molecule has 0 radical (unpaired) electrons. The summed E-state index contributed by atoms with van der Waals surface area (Å²) in [5.74, 6) is 1.65. The van der Waals surface area contributed by atoms with Crippen LogP contribution >= 0.6 is 0 Å². The Morgan fingerprint density at radius 3 is 2.11 bits per heavy atom. The number of nitrogens with one attached hydrogen (secondary N) is 1. The number of amides is 1. The summed E-state index contributed by atoms with van der Waals surface area (Å²) in [7, 11) is 0. The van der Waals surface area contributed by atoms with Crippen LogP contribution in [0.3, 0.4) is 0 Å². The van der Waals surface area contributed by atoms with Gasteiger partial charge in [-0.3, -0.25) is 14.4 Å². The van der Waals surface area contributed by atoms with E-state index < -0.39 is 0 Å². The van der Waals surface area contributed by atoms with E-state index in [0.717, 1.165) is 43.1 Å². The van der Waals surface area contributed by atoms with Gasteiger partial charge in [0.2, 0.25) is 0 Å². The third-order valence-corrected chi connectivity index (χ3v) is 5.60. The van der Waals surface area contributed by atoms with E-state index in [1.165, 1.54) is 6.92 Å². The zero-order valence-corrected chi connectivity index (χ0v) is 23.6. The van der Waals surface area contributed by atoms with Crippen LogP contribution in [-0.4, -0.2) is 30.4 Å². The quantitative estimate of drug-likeness (QED) is 0.242. The van der Waals surface area contributed by atoms with E-state index in [-0.39, 0.29) is 24.2 Å². The van der Waals surface area contributed by atoms with Gasteiger partial charge in [-0.2, -0.15) is 0 Å². The van der Waals surface area contributed by atoms with E-state index in [1.807, 2.05) is 52.0 Å². The summed E-state index contributed by atoms with van der Waals surface area (Å²) < 4.78 is 5.44. The third-order valence-electron chi connectivity index (χ3n) is 5.60. The highest BCUT2D eigenvalue weighted by Gasteiger charge is 2.17. The number of carbonyl (C=O) groups is 4. The highest BCUT2D eigenvalue weighted by Crippen LogP contribution is 2.21. The summed E-state index contributed by atoms with van der Waals surface area (Å²) in [6.45, 7) is 13.5. The van der Waals surface area contributed by atoms with Gasteiger partial charge in [0.25, 0.3) is 5.91 Å². The van der Waals surface area contributed by atoms with Crippen molar-refractivity contribution in [1.29, 1.82) is 0 Å². The van der Waals surface area contributed by atoms with Crippen molar-refractivity contribution in [3.63, 3.8) is 0 Å². The lowest BCUT2D eigenvalue weighted by Gasteiger charge is -2.14. The lowest BCUT2D eigenvalue weighted by molar-refractivity contribution is -0.119. The van der Waals surface area contributed by atoms with E-state index in [1.54, 1.807) is 24.3 Å². The molecule has 1 N–H and O–H groups in total. The van der Waals surface area contributed by atoms with E-state index in [9.17, 15) is 14.4 Å². The molecular formula is C31H45NO5. The number of Topliss-reactive ketones (excluding diaryl/α,β-unsaturated/α-hetero) is 2. The summed E-state index contributed by atoms with van der Waals surface area (Å²) in [5.41, 5.74) is 2.38. The molecular weight excluding hydrogens is 466 g/mol. The topological polar surface area (TPSA) is 89.5 Å². The Labute approximate surface area is 223 Å². The number of hydrogen-bond acceptors (Lipinski definition) is 5. The highest BCUT2D eigenvalue weighted by atomic mass is 16.5. The molecule has 0 aliphatic rings. The lowest BCUT2D eigenvalue weighted by Crippen LogP contribution is -2.20. The number of para-hydroxylation sites is 1. The van der Waals surface area contributed by atoms with E-state index >= 15 is 0 Å². The second-order valence-electron chi connectivity index (χ2n) is 9.11. The van der Waals surface area contributed by atoms with Gasteiger partial charge in [0.1, 0.15) is 17.8 Å². The fourth-order valence-corrected chi connectivity index (χ4v) is 3.14. The number of ether oxygens (including phenoxy) is 1. The molecule has 0 bridgehead atoms. The summed E-state index contributed by atoms with van der Waals surface area (Å²) in [5, 5.41) is 2.82. The van der Waals surface area contributed by atoms with Crippen LogP contribution in [0.1, 0.15) is 90.1 Å². The average molecular weight is 512 g/mol. The van der Waals surface area contributed by atoms with Crippen LogP contribution < -0.4 is 10.1 Å². The second kappa shape index (κ2) is 19.9. The van der Waals surface area contributed by atoms with Crippen molar-refractivity contribution in [2.24, 2.45) is 11.8 Å². The maximum atomic E-state index is 12.4. The lowest BCUT2D eigenvalue weighted by atomic mass is 9.92. The zero-order valence-electron chi connectivity index (χ0n) is 23.6. The van der Waals surface area contributed by atoms with E-state index in [0.29, 0.717) is 29.6 Å². The standard InChI is InChI=1S/C21H25NO3.C8H16O.C2H4O/c1-4-15(3)21(24)19-12-11-17(13-16(19)5-2)22-20(23)14-25-18-9-7-6-8-10-18;1-4-8(9)6-5-7(2)3;1-2-3/h6-13,15H,4-5,14H2,1-3H3,(H,22,23);7H,4-6H2,1-3H3;2H,1H3. The maximum absolute atomic E-state index is 12.4. The predicted octanol–water partition coefficient (Wildman–Crippen LogP) is 7.10. The Hall–Kier alpha value is -3.28. The Morgan fingerprint density at radius 1 is 0.973 bits per heavy atom. The minimum Gasteiger partial charge on any atom is -0.484 e. The Balaban J connectivity index is 0.000000904. The minimum atomic E-state index is -0.230. The van der Waals surface area contributed by atoms with Crippen LogP contribution in [0.15, 0.2) is 48.5 Å². The van der Waals surface area contributed by atoms with Gasteiger partial charge in [-0.25, -0.2) is 0 Å². The Bertz CT molecular complexity index is 953. The molecule has 0 fully saturated rings. The molecule has 2 rings (SSSR count). The van der Waals surface area contributed by atoms with Crippen molar-refractivity contribution in [3.05, 3.63) is 59.7 Å². The first-order valence-corrected chi connectivity index (χ1v) is 13.2. The van der Waals surface area contributed by atoms with Crippen LogP contribution in [0.4, 0.5) is 5.69 Å². The van der Waals surface area contributed by atoms with Gasteiger partial charge in [-0.15, -0.1) is 0 Å².